The number of nitrogens with two attached hydrogens (primary N) is 1. The smallest absolute Gasteiger partial charge is 0.242 e. The van der Waals surface area contributed by atoms with Gasteiger partial charge in [0.15, 0.2) is 0 Å². The Labute approximate surface area is 124 Å². The van der Waals surface area contributed by atoms with E-state index in [1.54, 1.807) is 18.1 Å². The number of amides is 2. The lowest BCUT2D eigenvalue weighted by Crippen LogP contribution is -2.45. The lowest BCUT2D eigenvalue weighted by molar-refractivity contribution is -0.138. The molecular formula is C14H23N5O2. The van der Waals surface area contributed by atoms with Crippen molar-refractivity contribution in [3.8, 4) is 0 Å². The molecule has 7 nitrogen and oxygen atoms in total. The summed E-state index contributed by atoms with van der Waals surface area (Å²) < 4.78 is 2.01. The van der Waals surface area contributed by atoms with Crippen molar-refractivity contribution >= 4 is 11.8 Å². The molecule has 1 aliphatic heterocycles. The molecule has 21 heavy (non-hydrogen) atoms. The highest BCUT2D eigenvalue weighted by atomic mass is 16.2. The molecule has 0 bridgehead atoms. The molecule has 0 unspecified atom stereocenters. The monoisotopic (exact) mass is 293 g/mol. The van der Waals surface area contributed by atoms with Gasteiger partial charge in [0.1, 0.15) is 11.9 Å². The van der Waals surface area contributed by atoms with Crippen LogP contribution in [0.15, 0.2) is 12.4 Å². The fraction of sp³-hybridized carbons (Fsp3) is 0.643. The number of likely N-dealkylation sites (tertiary alicyclic amines) is 1. The molecule has 1 aromatic heterocycles. The highest BCUT2D eigenvalue weighted by Gasteiger charge is 2.37. The van der Waals surface area contributed by atoms with Crippen molar-refractivity contribution in [3.63, 3.8) is 0 Å². The Bertz CT molecular complexity index is 513. The molecule has 1 aliphatic rings. The third-order valence-electron chi connectivity index (χ3n) is 3.92. The van der Waals surface area contributed by atoms with Crippen LogP contribution in [0.1, 0.15) is 25.1 Å². The van der Waals surface area contributed by atoms with E-state index in [9.17, 15) is 9.59 Å². The number of hydrogen-bond acceptors (Lipinski definition) is 4. The normalized spacial score (nSPS) is 21.6. The molecule has 1 aromatic rings. The maximum atomic E-state index is 12.3. The van der Waals surface area contributed by atoms with E-state index in [-0.39, 0.29) is 17.9 Å². The van der Waals surface area contributed by atoms with Gasteiger partial charge in [-0.15, -0.1) is 0 Å². The second kappa shape index (κ2) is 6.71. The number of rotatable bonds is 5. The van der Waals surface area contributed by atoms with Gasteiger partial charge in [-0.2, -0.15) is 0 Å². The van der Waals surface area contributed by atoms with Crippen molar-refractivity contribution in [1.29, 1.82) is 0 Å². The van der Waals surface area contributed by atoms with Gasteiger partial charge in [-0.3, -0.25) is 9.59 Å². The zero-order valence-corrected chi connectivity index (χ0v) is 12.6. The highest BCUT2D eigenvalue weighted by Crippen LogP contribution is 2.18. The summed E-state index contributed by atoms with van der Waals surface area (Å²) in [5.74, 6) is 0.796. The molecule has 2 atom stereocenters. The Kier molecular flexibility index (Phi) is 4.95. The van der Waals surface area contributed by atoms with Crippen molar-refractivity contribution in [2.24, 2.45) is 5.73 Å². The summed E-state index contributed by atoms with van der Waals surface area (Å²) in [6.45, 7) is 3.14. The van der Waals surface area contributed by atoms with Gasteiger partial charge in [0, 0.05) is 45.0 Å². The molecule has 1 fully saturated rings. The first-order valence-electron chi connectivity index (χ1n) is 7.27. The second-order valence-electron chi connectivity index (χ2n) is 5.44. The number of carbonyl (C=O) groups excluding carboxylic acids is 2. The highest BCUT2D eigenvalue weighted by molar-refractivity contribution is 5.88. The number of nitrogens with zero attached hydrogens (tertiary/aromatic N) is 3. The van der Waals surface area contributed by atoms with Gasteiger partial charge in [-0.1, -0.05) is 0 Å². The molecule has 0 saturated carbocycles. The van der Waals surface area contributed by atoms with Crippen LogP contribution in [0.25, 0.3) is 0 Å². The van der Waals surface area contributed by atoms with Crippen LogP contribution in [0.2, 0.25) is 0 Å². The van der Waals surface area contributed by atoms with Crippen LogP contribution in [0.3, 0.4) is 0 Å². The molecule has 3 N–H and O–H groups in total. The summed E-state index contributed by atoms with van der Waals surface area (Å²) in [6.07, 6.45) is 5.32. The average Bonchev–Trinajstić information content (AvgIpc) is 3.04. The Morgan fingerprint density at radius 3 is 2.90 bits per heavy atom. The summed E-state index contributed by atoms with van der Waals surface area (Å²) in [5, 5.41) is 2.60. The lowest BCUT2D eigenvalue weighted by Gasteiger charge is -2.23. The van der Waals surface area contributed by atoms with E-state index in [1.165, 1.54) is 0 Å². The minimum atomic E-state index is -0.424. The zero-order chi connectivity index (χ0) is 15.4. The van der Waals surface area contributed by atoms with Crippen LogP contribution in [0.4, 0.5) is 0 Å². The largest absolute Gasteiger partial charge is 0.357 e. The quantitative estimate of drug-likeness (QED) is 0.775. The zero-order valence-electron chi connectivity index (χ0n) is 12.6. The Hall–Kier alpha value is -1.89. The third-order valence-corrected chi connectivity index (χ3v) is 3.92. The van der Waals surface area contributed by atoms with Crippen molar-refractivity contribution in [3.05, 3.63) is 18.2 Å². The molecule has 0 radical (unpaired) electrons. The van der Waals surface area contributed by atoms with Gasteiger partial charge < -0.3 is 20.5 Å². The Morgan fingerprint density at radius 1 is 1.52 bits per heavy atom. The van der Waals surface area contributed by atoms with E-state index < -0.39 is 6.04 Å². The first kappa shape index (κ1) is 15.5. The van der Waals surface area contributed by atoms with E-state index in [2.05, 4.69) is 10.3 Å². The van der Waals surface area contributed by atoms with Crippen LogP contribution in [0, 0.1) is 6.92 Å². The van der Waals surface area contributed by atoms with Crippen molar-refractivity contribution in [1.82, 2.24) is 19.8 Å². The Morgan fingerprint density at radius 2 is 2.29 bits per heavy atom. The number of aromatic nitrogens is 2. The van der Waals surface area contributed by atoms with E-state index in [0.29, 0.717) is 19.4 Å². The molecule has 0 aromatic carbocycles. The molecule has 2 heterocycles. The number of likely N-dealkylation sites (N-methyl/N-ethyl adjacent to an activating group) is 1. The maximum Gasteiger partial charge on any atom is 0.242 e. The van der Waals surface area contributed by atoms with Gasteiger partial charge in [0.05, 0.1) is 0 Å². The minimum absolute atomic E-state index is 0.00526. The molecule has 0 spiro atoms. The van der Waals surface area contributed by atoms with E-state index in [1.807, 2.05) is 17.7 Å². The number of carbonyl (C=O) groups is 2. The fourth-order valence-electron chi connectivity index (χ4n) is 2.74. The van der Waals surface area contributed by atoms with Gasteiger partial charge >= 0.3 is 0 Å². The predicted octanol–water partition coefficient (Wildman–Crippen LogP) is -0.354. The first-order chi connectivity index (χ1) is 10.0. The molecule has 2 rings (SSSR count). The molecular weight excluding hydrogens is 270 g/mol. The number of imidazole rings is 1. The summed E-state index contributed by atoms with van der Waals surface area (Å²) in [7, 11) is 1.58. The Balaban J connectivity index is 1.87. The molecule has 0 aliphatic carbocycles. The maximum absolute atomic E-state index is 12.3. The van der Waals surface area contributed by atoms with Crippen molar-refractivity contribution in [2.75, 3.05) is 13.6 Å². The fourth-order valence-corrected chi connectivity index (χ4v) is 2.74. The summed E-state index contributed by atoms with van der Waals surface area (Å²) >= 11 is 0. The molecule has 2 amide bonds. The van der Waals surface area contributed by atoms with Crippen LogP contribution in [0.5, 0.6) is 0 Å². The second-order valence-corrected chi connectivity index (χ2v) is 5.44. The van der Waals surface area contributed by atoms with Crippen LogP contribution >= 0.6 is 0 Å². The van der Waals surface area contributed by atoms with Gasteiger partial charge in [0.2, 0.25) is 11.8 Å². The van der Waals surface area contributed by atoms with Crippen molar-refractivity contribution < 1.29 is 9.59 Å². The molecule has 1 saturated heterocycles. The van der Waals surface area contributed by atoms with E-state index >= 15 is 0 Å². The van der Waals surface area contributed by atoms with Crippen LogP contribution in [-0.2, 0) is 16.1 Å². The van der Waals surface area contributed by atoms with Crippen LogP contribution < -0.4 is 11.1 Å². The van der Waals surface area contributed by atoms with Gasteiger partial charge in [-0.05, 0) is 19.8 Å². The molecule has 116 valence electrons. The van der Waals surface area contributed by atoms with Crippen LogP contribution in [-0.4, -0.2) is 51.9 Å². The number of nitrogens with one attached hydrogen (secondary N) is 1. The van der Waals surface area contributed by atoms with Gasteiger partial charge in [-0.25, -0.2) is 4.98 Å². The first-order valence-corrected chi connectivity index (χ1v) is 7.27. The number of hydrogen-bond donors (Lipinski definition) is 2. The third kappa shape index (κ3) is 3.60. The number of aryl methyl sites for hydroxylation is 2. The average molecular weight is 293 g/mol. The standard InChI is InChI=1S/C14H23N5O2/c1-10-17-5-7-18(10)6-3-4-13(20)19-9-11(15)8-12(19)14(21)16-2/h5,7,11-12H,3-4,6,8-9,15H2,1-2H3,(H,16,21)/t11-,12+/m1/s1. The SMILES string of the molecule is CNC(=O)[C@@H]1C[C@@H](N)CN1C(=O)CCCn1ccnc1C. The van der Waals surface area contributed by atoms with E-state index in [0.717, 1.165) is 18.8 Å². The minimum Gasteiger partial charge on any atom is -0.357 e. The predicted molar refractivity (Wildman–Crippen MR) is 78.4 cm³/mol. The summed E-state index contributed by atoms with van der Waals surface area (Å²) in [4.78, 5) is 29.9. The van der Waals surface area contributed by atoms with Gasteiger partial charge in [0.25, 0.3) is 0 Å². The summed E-state index contributed by atoms with van der Waals surface area (Å²) in [5.41, 5.74) is 5.89. The van der Waals surface area contributed by atoms with E-state index in [4.69, 9.17) is 5.73 Å². The van der Waals surface area contributed by atoms with Crippen molar-refractivity contribution in [2.45, 2.75) is 44.8 Å². The topological polar surface area (TPSA) is 93.3 Å². The molecule has 7 heteroatoms. The summed E-state index contributed by atoms with van der Waals surface area (Å²) in [6, 6.07) is -0.542. The lowest BCUT2D eigenvalue weighted by atomic mass is 10.1.